The van der Waals surface area contributed by atoms with E-state index in [0.29, 0.717) is 0 Å². The molecule has 1 radical (unpaired) electrons. The number of pyridine rings is 3. The molecule has 203 valence electrons. The zero-order valence-corrected chi connectivity index (χ0v) is 26.5. The summed E-state index contributed by atoms with van der Waals surface area (Å²) in [6.45, 7) is 19.2. The van der Waals surface area contributed by atoms with Crippen LogP contribution in [-0.4, -0.2) is 25.8 Å². The van der Waals surface area contributed by atoms with Gasteiger partial charge in [-0.25, -0.2) is 0 Å². The van der Waals surface area contributed by atoms with Crippen molar-refractivity contribution in [2.45, 2.75) is 69.2 Å². The van der Waals surface area contributed by atoms with Crippen LogP contribution in [0.5, 0.6) is 0 Å². The standard InChI is InChI=1S/C21H18N3.C11H20O2.Ir/c1-12-9-16(10-13(2)23-12)21-19-6-5-17-15(4)24-14(3)11-20(17)18(19)7-8-22-21;1-10(2,3)8(12)7-9(13)11(4,5)6;/h5-9,11H,1-4H3;7,12H,1-6H3;/q-1;;/b;8-7-;. The maximum absolute atomic E-state index is 11.5. The minimum absolute atomic E-state index is 0. The molecule has 4 aromatic rings. The Labute approximate surface area is 240 Å². The molecule has 0 amide bonds. The predicted octanol–water partition coefficient (Wildman–Crippen LogP) is 7.97. The van der Waals surface area contributed by atoms with Crippen LogP contribution in [0.15, 0.2) is 48.4 Å². The SMILES string of the molecule is CC(C)(C)C(=O)/C=C(\O)C(C)(C)C.Cc1[c-]c(-c2nccc3c2ccc2c(C)nc(C)cc23)cc(C)n1.[Ir]. The van der Waals surface area contributed by atoms with Crippen LogP contribution in [0.3, 0.4) is 0 Å². The largest absolute Gasteiger partial charge is 0.512 e. The predicted molar refractivity (Wildman–Crippen MR) is 153 cm³/mol. The normalized spacial score (nSPS) is 12.1. The van der Waals surface area contributed by atoms with Gasteiger partial charge < -0.3 is 10.1 Å². The third-order valence-electron chi connectivity index (χ3n) is 6.12. The molecular weight excluding hydrogens is 651 g/mol. The Kier molecular flexibility index (Phi) is 9.74. The van der Waals surface area contributed by atoms with Gasteiger partial charge in [0.25, 0.3) is 0 Å². The van der Waals surface area contributed by atoms with Crippen molar-refractivity contribution in [2.24, 2.45) is 10.8 Å². The summed E-state index contributed by atoms with van der Waals surface area (Å²) in [6, 6.07) is 13.9. The van der Waals surface area contributed by atoms with Gasteiger partial charge in [0.1, 0.15) is 5.76 Å². The van der Waals surface area contributed by atoms with Gasteiger partial charge in [-0.15, -0.1) is 6.07 Å². The van der Waals surface area contributed by atoms with Gasteiger partial charge in [0.15, 0.2) is 5.78 Å². The Hall–Kier alpha value is -2.95. The number of rotatable bonds is 2. The molecule has 0 fully saturated rings. The third kappa shape index (κ3) is 7.33. The molecule has 3 aromatic heterocycles. The third-order valence-corrected chi connectivity index (χ3v) is 6.12. The quantitative estimate of drug-likeness (QED) is 0.100. The molecule has 38 heavy (non-hydrogen) atoms. The molecule has 0 aliphatic rings. The van der Waals surface area contributed by atoms with Gasteiger partial charge in [-0.2, -0.15) is 11.6 Å². The topological polar surface area (TPSA) is 76.0 Å². The van der Waals surface area contributed by atoms with E-state index in [4.69, 9.17) is 0 Å². The summed E-state index contributed by atoms with van der Waals surface area (Å²) in [6.07, 6.45) is 3.21. The van der Waals surface area contributed by atoms with Crippen LogP contribution in [0.4, 0.5) is 0 Å². The van der Waals surface area contributed by atoms with Crippen LogP contribution < -0.4 is 0 Å². The monoisotopic (exact) mass is 689 g/mol. The van der Waals surface area contributed by atoms with Crippen LogP contribution in [0, 0.1) is 44.6 Å². The van der Waals surface area contributed by atoms with E-state index in [1.807, 2.05) is 74.6 Å². The number of benzene rings is 1. The van der Waals surface area contributed by atoms with Gasteiger partial charge in [0.2, 0.25) is 0 Å². The Bertz CT molecular complexity index is 1490. The molecule has 0 spiro atoms. The minimum Gasteiger partial charge on any atom is -0.512 e. The van der Waals surface area contributed by atoms with Crippen molar-refractivity contribution in [3.63, 3.8) is 0 Å². The summed E-state index contributed by atoms with van der Waals surface area (Å²) in [4.78, 5) is 25.1. The second-order valence-corrected chi connectivity index (χ2v) is 11.7. The number of allylic oxidation sites excluding steroid dienone is 2. The summed E-state index contributed by atoms with van der Waals surface area (Å²) in [5.74, 6) is 0.104. The van der Waals surface area contributed by atoms with E-state index in [9.17, 15) is 9.90 Å². The molecule has 3 heterocycles. The molecule has 0 saturated heterocycles. The number of ketones is 1. The number of hydrogen-bond donors (Lipinski definition) is 1. The molecule has 1 N–H and O–H groups in total. The van der Waals surface area contributed by atoms with Crippen molar-refractivity contribution in [1.29, 1.82) is 0 Å². The van der Waals surface area contributed by atoms with Crippen molar-refractivity contribution in [2.75, 3.05) is 0 Å². The molecule has 0 aliphatic carbocycles. The first-order valence-corrected chi connectivity index (χ1v) is 12.6. The van der Waals surface area contributed by atoms with Crippen LogP contribution >= 0.6 is 0 Å². The molecule has 1 aromatic carbocycles. The molecule has 0 atom stereocenters. The van der Waals surface area contributed by atoms with E-state index in [0.717, 1.165) is 39.4 Å². The summed E-state index contributed by atoms with van der Waals surface area (Å²) in [5.41, 5.74) is 5.15. The number of nitrogens with zero attached hydrogens (tertiary/aromatic N) is 3. The molecule has 6 heteroatoms. The number of hydrogen-bond acceptors (Lipinski definition) is 5. The van der Waals surface area contributed by atoms with Crippen LogP contribution in [0.25, 0.3) is 32.8 Å². The van der Waals surface area contributed by atoms with Crippen molar-refractivity contribution >= 4 is 27.3 Å². The average Bonchev–Trinajstić information content (AvgIpc) is 2.77. The summed E-state index contributed by atoms with van der Waals surface area (Å²) in [5, 5.41) is 14.3. The average molecular weight is 689 g/mol. The molecule has 0 bridgehead atoms. The number of aryl methyl sites for hydroxylation is 4. The summed E-state index contributed by atoms with van der Waals surface area (Å²) >= 11 is 0. The number of carbonyl (C=O) groups is 1. The van der Waals surface area contributed by atoms with Gasteiger partial charge in [-0.05, 0) is 73.1 Å². The number of carbonyl (C=O) groups excluding carboxylic acids is 1. The van der Waals surface area contributed by atoms with Crippen molar-refractivity contribution in [3.8, 4) is 11.3 Å². The zero-order valence-electron chi connectivity index (χ0n) is 24.1. The number of aliphatic hydroxyl groups is 1. The van der Waals surface area contributed by atoms with Crippen molar-refractivity contribution in [3.05, 3.63) is 77.2 Å². The number of fused-ring (bicyclic) bond motifs is 3. The maximum Gasteiger partial charge on any atom is 0.164 e. The Morgan fingerprint density at radius 3 is 2.00 bits per heavy atom. The van der Waals surface area contributed by atoms with Gasteiger partial charge in [0, 0.05) is 60.0 Å². The first kappa shape index (κ1) is 31.3. The molecular formula is C32H38IrN3O2-. The van der Waals surface area contributed by atoms with Crippen LogP contribution in [0.1, 0.15) is 64.3 Å². The van der Waals surface area contributed by atoms with Gasteiger partial charge >= 0.3 is 0 Å². The van der Waals surface area contributed by atoms with Gasteiger partial charge in [-0.1, -0.05) is 53.7 Å². The summed E-state index contributed by atoms with van der Waals surface area (Å²) in [7, 11) is 0. The fraction of sp³-hybridized carbons (Fsp3) is 0.375. The number of aliphatic hydroxyl groups excluding tert-OH is 1. The van der Waals surface area contributed by atoms with Crippen molar-refractivity contribution < 1.29 is 30.0 Å². The zero-order chi connectivity index (χ0) is 27.7. The molecule has 0 saturated carbocycles. The molecule has 0 unspecified atom stereocenters. The van der Waals surface area contributed by atoms with E-state index in [1.54, 1.807) is 0 Å². The second kappa shape index (κ2) is 11.8. The van der Waals surface area contributed by atoms with E-state index in [-0.39, 0.29) is 37.1 Å². The fourth-order valence-corrected chi connectivity index (χ4v) is 3.98. The smallest absolute Gasteiger partial charge is 0.164 e. The Balaban J connectivity index is 0.000000313. The van der Waals surface area contributed by atoms with Gasteiger partial charge in [-0.3, -0.25) is 14.8 Å². The first-order chi connectivity index (χ1) is 17.1. The second-order valence-electron chi connectivity index (χ2n) is 11.7. The molecule has 0 aliphatic heterocycles. The maximum atomic E-state index is 11.5. The van der Waals surface area contributed by atoms with E-state index in [2.05, 4.69) is 52.2 Å². The van der Waals surface area contributed by atoms with Crippen LogP contribution in [0.2, 0.25) is 0 Å². The molecule has 5 nitrogen and oxygen atoms in total. The first-order valence-electron chi connectivity index (χ1n) is 12.6. The van der Waals surface area contributed by atoms with Gasteiger partial charge in [0.05, 0.1) is 0 Å². The Morgan fingerprint density at radius 2 is 1.42 bits per heavy atom. The Morgan fingerprint density at radius 1 is 0.816 bits per heavy atom. The van der Waals surface area contributed by atoms with Crippen molar-refractivity contribution in [1.82, 2.24) is 15.0 Å². The van der Waals surface area contributed by atoms with E-state index in [1.165, 1.54) is 22.2 Å². The van der Waals surface area contributed by atoms with E-state index < -0.39 is 5.41 Å². The van der Waals surface area contributed by atoms with E-state index >= 15 is 0 Å². The minimum atomic E-state index is -0.417. The summed E-state index contributed by atoms with van der Waals surface area (Å²) < 4.78 is 0. The fourth-order valence-electron chi connectivity index (χ4n) is 3.98. The molecule has 4 rings (SSSR count). The number of aromatic nitrogens is 3. The van der Waals surface area contributed by atoms with Crippen LogP contribution in [-0.2, 0) is 24.9 Å².